The van der Waals surface area contributed by atoms with Crippen LogP contribution in [0.15, 0.2) is 162 Å². The molecule has 1 heteroatoms. The number of fused-ring (bicyclic) bond motifs is 6. The van der Waals surface area contributed by atoms with Gasteiger partial charge in [-0.25, -0.2) is 0 Å². The Hall–Kier alpha value is -5.66. The van der Waals surface area contributed by atoms with Gasteiger partial charge < -0.3 is 4.42 Å². The van der Waals surface area contributed by atoms with Gasteiger partial charge in [-0.15, -0.1) is 0 Å². The van der Waals surface area contributed by atoms with E-state index in [9.17, 15) is 5.48 Å². The number of hydrogen-bond donors (Lipinski definition) is 0. The van der Waals surface area contributed by atoms with Crippen molar-refractivity contribution in [1.82, 2.24) is 0 Å². The first-order valence-corrected chi connectivity index (χ1v) is 14.3. The molecule has 43 heavy (non-hydrogen) atoms. The van der Waals surface area contributed by atoms with E-state index in [0.717, 1.165) is 43.4 Å². The quantitative estimate of drug-likeness (QED) is 0.199. The van der Waals surface area contributed by atoms with Crippen molar-refractivity contribution < 1.29 is 12.6 Å². The molecule has 8 aromatic carbocycles. The van der Waals surface area contributed by atoms with E-state index >= 15 is 0 Å². The molecule has 0 radical (unpaired) electrons. The molecular formula is C42H26O. The molecular weight excluding hydrogens is 520 g/mol. The topological polar surface area (TPSA) is 13.1 Å². The Morgan fingerprint density at radius 2 is 0.907 bits per heavy atom. The predicted molar refractivity (Wildman–Crippen MR) is 183 cm³/mol. The second-order valence-electron chi connectivity index (χ2n) is 10.7. The molecule has 0 fully saturated rings. The van der Waals surface area contributed by atoms with E-state index < -0.39 is 12.1 Å². The van der Waals surface area contributed by atoms with Gasteiger partial charge in [0.05, 0.1) is 8.22 Å². The van der Waals surface area contributed by atoms with Crippen LogP contribution in [0.1, 0.15) is 8.22 Å². The van der Waals surface area contributed by atoms with Crippen molar-refractivity contribution in [3.8, 4) is 33.4 Å². The zero-order valence-corrected chi connectivity index (χ0v) is 23.0. The van der Waals surface area contributed by atoms with E-state index in [1.807, 2.05) is 103 Å². The summed E-state index contributed by atoms with van der Waals surface area (Å²) in [7, 11) is 0. The van der Waals surface area contributed by atoms with E-state index in [-0.39, 0.29) is 40.5 Å². The van der Waals surface area contributed by atoms with Crippen molar-refractivity contribution in [2.24, 2.45) is 0 Å². The van der Waals surface area contributed by atoms with Gasteiger partial charge in [-0.3, -0.25) is 0 Å². The van der Waals surface area contributed by atoms with E-state index in [2.05, 4.69) is 12.1 Å². The SMILES string of the molecule is [2H]c1c([2H])c([2H])c2c(-c3cccc4c3oc3ccccc34)c([2H])c([2H])c(-c3c4ccccc4c(-c4ccccc4)c4ccccc34)c2c1[2H]. The van der Waals surface area contributed by atoms with Crippen LogP contribution in [0.3, 0.4) is 0 Å². The van der Waals surface area contributed by atoms with Crippen molar-refractivity contribution in [3.05, 3.63) is 158 Å². The van der Waals surface area contributed by atoms with Crippen LogP contribution in [0.2, 0.25) is 0 Å². The molecule has 1 nitrogen and oxygen atoms in total. The second kappa shape index (κ2) is 9.44. The maximum absolute atomic E-state index is 9.71. The highest BCUT2D eigenvalue weighted by atomic mass is 16.3. The average molecular weight is 553 g/mol. The minimum Gasteiger partial charge on any atom is -0.455 e. The summed E-state index contributed by atoms with van der Waals surface area (Å²) in [5.41, 5.74) is 4.95. The maximum atomic E-state index is 9.71. The first-order valence-electron chi connectivity index (χ1n) is 17.3. The van der Waals surface area contributed by atoms with Crippen molar-refractivity contribution in [3.63, 3.8) is 0 Å². The summed E-state index contributed by atoms with van der Waals surface area (Å²) in [5, 5.41) is 5.66. The average Bonchev–Trinajstić information content (AvgIpc) is 3.53. The number of benzene rings is 8. The summed E-state index contributed by atoms with van der Waals surface area (Å²) in [5.74, 6) is 0. The van der Waals surface area contributed by atoms with Crippen LogP contribution >= 0.6 is 0 Å². The van der Waals surface area contributed by atoms with E-state index in [0.29, 0.717) is 27.9 Å². The van der Waals surface area contributed by atoms with Crippen LogP contribution in [0.25, 0.3) is 87.6 Å². The smallest absolute Gasteiger partial charge is 0.143 e. The monoisotopic (exact) mass is 552 g/mol. The van der Waals surface area contributed by atoms with E-state index in [4.69, 9.17) is 7.16 Å². The van der Waals surface area contributed by atoms with Crippen LogP contribution in [-0.2, 0) is 0 Å². The van der Waals surface area contributed by atoms with Gasteiger partial charge in [0.25, 0.3) is 0 Å². The lowest BCUT2D eigenvalue weighted by Gasteiger charge is -2.19. The fourth-order valence-corrected chi connectivity index (χ4v) is 6.58. The highest BCUT2D eigenvalue weighted by Crippen LogP contribution is 2.47. The Morgan fingerprint density at radius 1 is 0.372 bits per heavy atom. The molecule has 0 amide bonds. The third-order valence-corrected chi connectivity index (χ3v) is 8.42. The fourth-order valence-electron chi connectivity index (χ4n) is 6.58. The van der Waals surface area contributed by atoms with Gasteiger partial charge >= 0.3 is 0 Å². The van der Waals surface area contributed by atoms with Crippen molar-refractivity contribution >= 4 is 54.3 Å². The lowest BCUT2D eigenvalue weighted by atomic mass is 9.84. The van der Waals surface area contributed by atoms with E-state index in [1.165, 1.54) is 0 Å². The normalized spacial score (nSPS) is 13.7. The van der Waals surface area contributed by atoms with Crippen LogP contribution in [0.4, 0.5) is 0 Å². The largest absolute Gasteiger partial charge is 0.455 e. The first kappa shape index (κ1) is 18.7. The third kappa shape index (κ3) is 3.58. The highest BCUT2D eigenvalue weighted by Gasteiger charge is 2.20. The maximum Gasteiger partial charge on any atom is 0.143 e. The van der Waals surface area contributed by atoms with E-state index in [1.54, 1.807) is 6.07 Å². The minimum atomic E-state index is -0.396. The number of hydrogen-bond acceptors (Lipinski definition) is 1. The first-order chi connectivity index (χ1) is 23.9. The lowest BCUT2D eigenvalue weighted by molar-refractivity contribution is 0.670. The summed E-state index contributed by atoms with van der Waals surface area (Å²) in [6.45, 7) is 0. The minimum absolute atomic E-state index is 0.122. The molecule has 0 bridgehead atoms. The third-order valence-electron chi connectivity index (χ3n) is 8.42. The van der Waals surface area contributed by atoms with Crippen LogP contribution in [0.5, 0.6) is 0 Å². The summed E-state index contributed by atoms with van der Waals surface area (Å²) in [4.78, 5) is 0. The molecule has 0 aliphatic heterocycles. The zero-order chi connectivity index (χ0) is 33.6. The Labute approximate surface area is 257 Å². The molecule has 9 rings (SSSR count). The van der Waals surface area contributed by atoms with Crippen molar-refractivity contribution in [2.45, 2.75) is 0 Å². The van der Waals surface area contributed by atoms with Gasteiger partial charge in [0.15, 0.2) is 0 Å². The molecule has 200 valence electrons. The molecule has 1 aromatic heterocycles. The summed E-state index contributed by atoms with van der Waals surface area (Å²) < 4.78 is 61.8. The standard InChI is InChI=1S/C42H26O/c1-2-13-27(14-3-1)40-32-18-6-8-20-34(32)41(35-21-9-7-19-33(35)40)36-26-25-30(28-15-4-5-16-29(28)36)37-22-12-23-38-31-17-10-11-24-39(31)43-42(37)38/h1-26H/i4D,5D,15D,16D,25D,26D. The van der Waals surface area contributed by atoms with Crippen LogP contribution in [-0.4, -0.2) is 0 Å². The van der Waals surface area contributed by atoms with Gasteiger partial charge in [-0.1, -0.05) is 152 Å². The molecule has 0 aliphatic carbocycles. The molecule has 0 aliphatic rings. The molecule has 0 N–H and O–H groups in total. The molecule has 0 unspecified atom stereocenters. The van der Waals surface area contributed by atoms with Gasteiger partial charge in [0.1, 0.15) is 11.2 Å². The molecule has 0 saturated carbocycles. The number of rotatable bonds is 3. The molecule has 9 aromatic rings. The zero-order valence-electron chi connectivity index (χ0n) is 29.0. The van der Waals surface area contributed by atoms with Gasteiger partial charge in [0, 0.05) is 16.3 Å². The lowest BCUT2D eigenvalue weighted by Crippen LogP contribution is -1.92. The van der Waals surface area contributed by atoms with Gasteiger partial charge in [-0.2, -0.15) is 0 Å². The summed E-state index contributed by atoms with van der Waals surface area (Å²) in [6.07, 6.45) is 0. The Morgan fingerprint density at radius 3 is 1.60 bits per heavy atom. The highest BCUT2D eigenvalue weighted by molar-refractivity contribution is 6.24. The summed E-state index contributed by atoms with van der Waals surface area (Å²) >= 11 is 0. The van der Waals surface area contributed by atoms with Gasteiger partial charge in [-0.05, 0) is 66.2 Å². The molecule has 0 atom stereocenters. The predicted octanol–water partition coefficient (Wildman–Crippen LogP) is 12.0. The molecule has 0 saturated heterocycles. The fraction of sp³-hybridized carbons (Fsp3) is 0. The Bertz CT molecular complexity index is 2780. The second-order valence-corrected chi connectivity index (χ2v) is 10.7. The van der Waals surface area contributed by atoms with Crippen molar-refractivity contribution in [1.29, 1.82) is 0 Å². The Kier molecular flexibility index (Phi) is 4.11. The number of furan rings is 1. The van der Waals surface area contributed by atoms with Crippen LogP contribution in [0, 0.1) is 0 Å². The Balaban J connectivity index is 1.50. The van der Waals surface area contributed by atoms with Gasteiger partial charge in [0.2, 0.25) is 0 Å². The number of para-hydroxylation sites is 2. The molecule has 1 heterocycles. The van der Waals surface area contributed by atoms with Crippen molar-refractivity contribution in [2.75, 3.05) is 0 Å². The van der Waals surface area contributed by atoms with Crippen LogP contribution < -0.4 is 0 Å². The summed E-state index contributed by atoms with van der Waals surface area (Å²) in [6, 6.07) is 37.8. The molecule has 0 spiro atoms.